The van der Waals surface area contributed by atoms with Crippen LogP contribution >= 0.6 is 27.7 Å². The van der Waals surface area contributed by atoms with E-state index in [1.54, 1.807) is 18.5 Å². The van der Waals surface area contributed by atoms with Gasteiger partial charge in [0.1, 0.15) is 0 Å². The lowest BCUT2D eigenvalue weighted by molar-refractivity contribution is -0.137. The maximum Gasteiger partial charge on any atom is 0.416 e. The molecule has 1 saturated heterocycles. The van der Waals surface area contributed by atoms with Crippen LogP contribution in [0, 0.1) is 0 Å². The molecule has 7 heteroatoms. The molecule has 0 bridgehead atoms. The molecule has 1 aliphatic heterocycles. The number of halogens is 4. The van der Waals surface area contributed by atoms with E-state index >= 15 is 0 Å². The summed E-state index contributed by atoms with van der Waals surface area (Å²) in [6.07, 6.45) is 0.662. The summed E-state index contributed by atoms with van der Waals surface area (Å²) in [4.78, 5) is 4.79. The minimum Gasteiger partial charge on any atom is -0.373 e. The molecule has 1 aromatic heterocycles. The smallest absolute Gasteiger partial charge is 0.373 e. The van der Waals surface area contributed by atoms with Crippen LogP contribution in [0.5, 0.6) is 0 Å². The fraction of sp³-hybridized carbons (Fsp3) is 0.353. The van der Waals surface area contributed by atoms with Crippen molar-refractivity contribution in [3.63, 3.8) is 0 Å². The van der Waals surface area contributed by atoms with E-state index in [9.17, 15) is 13.2 Å². The highest BCUT2D eigenvalue weighted by molar-refractivity contribution is 9.10. The number of aromatic nitrogens is 1. The van der Waals surface area contributed by atoms with Crippen molar-refractivity contribution in [1.29, 1.82) is 0 Å². The molecule has 0 spiro atoms. The highest BCUT2D eigenvalue weighted by atomic mass is 79.9. The molecule has 2 aromatic rings. The first-order valence-electron chi connectivity index (χ1n) is 7.48. The molecule has 0 aliphatic carbocycles. The minimum absolute atomic E-state index is 0.0768. The Balaban J connectivity index is 1.70. The van der Waals surface area contributed by atoms with Crippen LogP contribution in [0.2, 0.25) is 0 Å². The topological polar surface area (TPSA) is 22.1 Å². The number of hydrogen-bond donors (Lipinski definition) is 0. The Morgan fingerprint density at radius 1 is 1.21 bits per heavy atom. The van der Waals surface area contributed by atoms with Gasteiger partial charge in [0, 0.05) is 39.2 Å². The number of alkyl halides is 3. The van der Waals surface area contributed by atoms with Crippen LogP contribution in [0.15, 0.2) is 52.1 Å². The van der Waals surface area contributed by atoms with Gasteiger partial charge < -0.3 is 4.74 Å². The predicted molar refractivity (Wildman–Crippen MR) is 91.0 cm³/mol. The van der Waals surface area contributed by atoms with Crippen LogP contribution in [-0.4, -0.2) is 16.8 Å². The molecule has 128 valence electrons. The number of hydrogen-bond acceptors (Lipinski definition) is 3. The number of pyridine rings is 1. The summed E-state index contributed by atoms with van der Waals surface area (Å²) < 4.78 is 45.2. The third kappa shape index (κ3) is 4.52. The quantitative estimate of drug-likeness (QED) is 0.622. The van der Waals surface area contributed by atoms with Crippen LogP contribution in [0.3, 0.4) is 0 Å². The van der Waals surface area contributed by atoms with Gasteiger partial charge >= 0.3 is 6.18 Å². The highest BCUT2D eigenvalue weighted by Crippen LogP contribution is 2.39. The lowest BCUT2D eigenvalue weighted by atomic mass is 10.0. The first-order chi connectivity index (χ1) is 11.4. The van der Waals surface area contributed by atoms with Crippen LogP contribution in [0.1, 0.15) is 30.1 Å². The van der Waals surface area contributed by atoms with Gasteiger partial charge in [0.25, 0.3) is 0 Å². The van der Waals surface area contributed by atoms with Crippen molar-refractivity contribution in [2.75, 3.05) is 6.61 Å². The lowest BCUT2D eigenvalue weighted by Crippen LogP contribution is -2.21. The number of benzene rings is 1. The Morgan fingerprint density at radius 2 is 2.04 bits per heavy atom. The zero-order valence-corrected chi connectivity index (χ0v) is 15.0. The molecular weight excluding hydrogens is 403 g/mol. The van der Waals surface area contributed by atoms with Gasteiger partial charge in [-0.15, -0.1) is 11.8 Å². The Bertz CT molecular complexity index is 710. The molecule has 1 aromatic carbocycles. The first-order valence-corrected chi connectivity index (χ1v) is 9.15. The van der Waals surface area contributed by atoms with E-state index in [0.29, 0.717) is 11.5 Å². The maximum atomic E-state index is 12.8. The van der Waals surface area contributed by atoms with Crippen molar-refractivity contribution in [3.05, 3.63) is 58.3 Å². The van der Waals surface area contributed by atoms with Crippen molar-refractivity contribution in [2.45, 2.75) is 35.3 Å². The van der Waals surface area contributed by atoms with Crippen LogP contribution in [0.25, 0.3) is 0 Å². The van der Waals surface area contributed by atoms with Gasteiger partial charge in [0.15, 0.2) is 0 Å². The van der Waals surface area contributed by atoms with E-state index in [1.807, 2.05) is 6.07 Å². The minimum atomic E-state index is -4.31. The van der Waals surface area contributed by atoms with Crippen LogP contribution in [-0.2, 0) is 10.9 Å². The maximum absolute atomic E-state index is 12.8. The Hall–Kier alpha value is -1.05. The molecule has 1 fully saturated rings. The van der Waals surface area contributed by atoms with Gasteiger partial charge in [-0.05, 0) is 53.0 Å². The summed E-state index contributed by atoms with van der Waals surface area (Å²) in [7, 11) is 0. The van der Waals surface area contributed by atoms with Crippen molar-refractivity contribution in [3.8, 4) is 0 Å². The van der Waals surface area contributed by atoms with Gasteiger partial charge in [0.2, 0.25) is 0 Å². The first kappa shape index (κ1) is 17.8. The second-order valence-corrected chi connectivity index (χ2v) is 7.88. The molecule has 2 heterocycles. The molecule has 0 radical (unpaired) electrons. The summed E-state index contributed by atoms with van der Waals surface area (Å²) in [6.45, 7) is 0.591. The van der Waals surface area contributed by atoms with Crippen LogP contribution in [0.4, 0.5) is 13.2 Å². The second-order valence-electron chi connectivity index (χ2n) is 5.59. The van der Waals surface area contributed by atoms with Crippen LogP contribution < -0.4 is 0 Å². The number of rotatable bonds is 3. The summed E-state index contributed by atoms with van der Waals surface area (Å²) in [5, 5.41) is 0.214. The molecule has 2 nitrogen and oxygen atoms in total. The van der Waals surface area contributed by atoms with E-state index in [0.717, 1.165) is 28.9 Å². The molecule has 0 saturated carbocycles. The largest absolute Gasteiger partial charge is 0.416 e. The van der Waals surface area contributed by atoms with E-state index < -0.39 is 11.7 Å². The molecule has 2 unspecified atom stereocenters. The third-order valence-electron chi connectivity index (χ3n) is 3.80. The average molecular weight is 418 g/mol. The molecule has 0 amide bonds. The SMILES string of the molecule is FC(F)(F)c1cccc(SC2CCOC(c3cncc(Br)c3)C2)c1. The standard InChI is InChI=1S/C17H15BrF3NOS/c18-13-6-11(9-22-10-13)16-8-15(4-5-23-16)24-14-3-1-2-12(7-14)17(19,20)21/h1-3,6-7,9-10,15-16H,4-5,8H2. The molecule has 0 N–H and O–H groups in total. The number of nitrogens with zero attached hydrogens (tertiary/aromatic N) is 1. The Morgan fingerprint density at radius 3 is 2.79 bits per heavy atom. The Labute approximate surface area is 150 Å². The molecule has 24 heavy (non-hydrogen) atoms. The summed E-state index contributed by atoms with van der Waals surface area (Å²) in [5.74, 6) is 0. The predicted octanol–water partition coefficient (Wildman–Crippen LogP) is 5.88. The number of thioether (sulfide) groups is 1. The normalized spacial score (nSPS) is 21.7. The molecule has 2 atom stereocenters. The Kier molecular flexibility index (Phi) is 5.52. The fourth-order valence-electron chi connectivity index (χ4n) is 2.65. The second kappa shape index (κ2) is 7.45. The van der Waals surface area contributed by atoms with Gasteiger partial charge in [-0.1, -0.05) is 6.07 Å². The highest BCUT2D eigenvalue weighted by Gasteiger charge is 2.31. The van der Waals surface area contributed by atoms with E-state index in [1.165, 1.54) is 23.9 Å². The summed E-state index contributed by atoms with van der Waals surface area (Å²) in [5.41, 5.74) is 0.381. The molecule has 1 aliphatic rings. The van der Waals surface area contributed by atoms with E-state index in [-0.39, 0.29) is 11.4 Å². The average Bonchev–Trinajstić information content (AvgIpc) is 2.55. The van der Waals surface area contributed by atoms with Crippen molar-refractivity contribution in [1.82, 2.24) is 4.98 Å². The summed E-state index contributed by atoms with van der Waals surface area (Å²) >= 11 is 4.88. The monoisotopic (exact) mass is 417 g/mol. The van der Waals surface area contributed by atoms with Gasteiger partial charge in [-0.25, -0.2) is 0 Å². The molecular formula is C17H15BrF3NOS. The zero-order valence-electron chi connectivity index (χ0n) is 12.6. The lowest BCUT2D eigenvalue weighted by Gasteiger charge is -2.29. The van der Waals surface area contributed by atoms with Gasteiger partial charge in [-0.3, -0.25) is 4.98 Å². The third-order valence-corrected chi connectivity index (χ3v) is 5.52. The summed E-state index contributed by atoms with van der Waals surface area (Å²) in [6, 6.07) is 7.47. The number of ether oxygens (including phenoxy) is 1. The van der Waals surface area contributed by atoms with Crippen molar-refractivity contribution >= 4 is 27.7 Å². The van der Waals surface area contributed by atoms with Gasteiger partial charge in [0.05, 0.1) is 11.7 Å². The van der Waals surface area contributed by atoms with E-state index in [2.05, 4.69) is 20.9 Å². The fourth-order valence-corrected chi connectivity index (χ4v) is 4.25. The molecule has 3 rings (SSSR count). The van der Waals surface area contributed by atoms with Crippen molar-refractivity contribution in [2.24, 2.45) is 0 Å². The van der Waals surface area contributed by atoms with Gasteiger partial charge in [-0.2, -0.15) is 13.2 Å². The zero-order chi connectivity index (χ0) is 17.2. The van der Waals surface area contributed by atoms with E-state index in [4.69, 9.17) is 4.74 Å². The van der Waals surface area contributed by atoms with Crippen molar-refractivity contribution < 1.29 is 17.9 Å².